The summed E-state index contributed by atoms with van der Waals surface area (Å²) in [5.74, 6) is -0.216. The van der Waals surface area contributed by atoms with Gasteiger partial charge in [0.25, 0.3) is 0 Å². The van der Waals surface area contributed by atoms with E-state index in [4.69, 9.17) is 11.6 Å². The maximum atomic E-state index is 13.7. The summed E-state index contributed by atoms with van der Waals surface area (Å²) in [6.45, 7) is 1.57. The first-order chi connectivity index (χ1) is 17.2. The number of fused-ring (bicyclic) bond motifs is 7. The predicted molar refractivity (Wildman–Crippen MR) is 143 cm³/mol. The minimum absolute atomic E-state index is 0.216. The number of para-hydroxylation sites is 1. The summed E-state index contributed by atoms with van der Waals surface area (Å²) in [4.78, 5) is 0. The van der Waals surface area contributed by atoms with Crippen LogP contribution in [0.25, 0.3) is 44.3 Å². The van der Waals surface area contributed by atoms with Gasteiger partial charge >= 0.3 is 0 Å². The maximum Gasteiger partial charge on any atom is 0.123 e. The Hall–Kier alpha value is -3.82. The van der Waals surface area contributed by atoms with Gasteiger partial charge in [0.1, 0.15) is 5.82 Å². The SMILES string of the molecule is Fc1ccc(Cn2c3c(c4cc(Cl)ccc42)CCn2c-3c(-c3ccccc3)c3ccccc32)cc1. The first kappa shape index (κ1) is 20.5. The molecule has 2 aromatic heterocycles. The number of hydrogen-bond donors (Lipinski definition) is 0. The number of halogens is 2. The van der Waals surface area contributed by atoms with Gasteiger partial charge in [0.15, 0.2) is 0 Å². The third-order valence-electron chi connectivity index (χ3n) is 7.23. The Morgan fingerprint density at radius 1 is 0.743 bits per heavy atom. The molecule has 0 unspecified atom stereocenters. The molecule has 0 spiro atoms. The van der Waals surface area contributed by atoms with Crippen molar-refractivity contribution >= 4 is 33.4 Å². The van der Waals surface area contributed by atoms with Crippen LogP contribution in [0.2, 0.25) is 5.02 Å². The maximum absolute atomic E-state index is 13.7. The first-order valence-electron chi connectivity index (χ1n) is 11.9. The van der Waals surface area contributed by atoms with Crippen LogP contribution in [0, 0.1) is 5.82 Å². The van der Waals surface area contributed by atoms with E-state index in [1.165, 1.54) is 56.5 Å². The van der Waals surface area contributed by atoms with E-state index in [1.54, 1.807) is 0 Å². The van der Waals surface area contributed by atoms with Crippen LogP contribution >= 0.6 is 11.6 Å². The van der Waals surface area contributed by atoms with Gasteiger partial charge in [-0.2, -0.15) is 0 Å². The zero-order chi connectivity index (χ0) is 23.5. The Balaban J connectivity index is 1.59. The van der Waals surface area contributed by atoms with Crippen molar-refractivity contribution in [1.29, 1.82) is 0 Å². The van der Waals surface area contributed by atoms with Crippen LogP contribution in [0.15, 0.2) is 97.1 Å². The van der Waals surface area contributed by atoms with Crippen molar-refractivity contribution in [2.75, 3.05) is 0 Å². The highest BCUT2D eigenvalue weighted by molar-refractivity contribution is 6.31. The Bertz CT molecular complexity index is 1730. The molecule has 0 amide bonds. The van der Waals surface area contributed by atoms with E-state index in [2.05, 4.69) is 75.9 Å². The molecule has 0 N–H and O–H groups in total. The van der Waals surface area contributed by atoms with E-state index in [1.807, 2.05) is 18.2 Å². The van der Waals surface area contributed by atoms with E-state index in [9.17, 15) is 4.39 Å². The number of aryl methyl sites for hydroxylation is 2. The molecule has 3 heterocycles. The van der Waals surface area contributed by atoms with Crippen molar-refractivity contribution in [3.05, 3.63) is 119 Å². The van der Waals surface area contributed by atoms with Crippen molar-refractivity contribution in [3.8, 4) is 22.5 Å². The van der Waals surface area contributed by atoms with E-state index in [0.717, 1.165) is 29.1 Å². The van der Waals surface area contributed by atoms with E-state index < -0.39 is 0 Å². The largest absolute Gasteiger partial charge is 0.338 e. The zero-order valence-corrected chi connectivity index (χ0v) is 19.8. The molecule has 6 aromatic rings. The van der Waals surface area contributed by atoms with Gasteiger partial charge in [-0.15, -0.1) is 0 Å². The number of aromatic nitrogens is 2. The minimum atomic E-state index is -0.216. The lowest BCUT2D eigenvalue weighted by Crippen LogP contribution is -2.13. The molecule has 35 heavy (non-hydrogen) atoms. The molecular weight excluding hydrogens is 455 g/mol. The molecule has 4 heteroatoms. The van der Waals surface area contributed by atoms with E-state index in [-0.39, 0.29) is 5.82 Å². The highest BCUT2D eigenvalue weighted by Crippen LogP contribution is 2.47. The number of nitrogens with zero attached hydrogens (tertiary/aromatic N) is 2. The van der Waals surface area contributed by atoms with Crippen LogP contribution in [0.3, 0.4) is 0 Å². The highest BCUT2D eigenvalue weighted by Gasteiger charge is 2.30. The lowest BCUT2D eigenvalue weighted by Gasteiger charge is -2.22. The van der Waals surface area contributed by atoms with Crippen LogP contribution < -0.4 is 0 Å². The van der Waals surface area contributed by atoms with Crippen LogP contribution in [-0.2, 0) is 19.5 Å². The van der Waals surface area contributed by atoms with Gasteiger partial charge in [-0.3, -0.25) is 0 Å². The Kier molecular flexibility index (Phi) is 4.61. The zero-order valence-electron chi connectivity index (χ0n) is 19.0. The summed E-state index contributed by atoms with van der Waals surface area (Å²) in [7, 11) is 0. The van der Waals surface area contributed by atoms with Crippen LogP contribution in [0.1, 0.15) is 11.1 Å². The monoisotopic (exact) mass is 476 g/mol. The van der Waals surface area contributed by atoms with Gasteiger partial charge < -0.3 is 9.13 Å². The van der Waals surface area contributed by atoms with Gasteiger partial charge in [0, 0.05) is 45.5 Å². The Morgan fingerprint density at radius 2 is 1.51 bits per heavy atom. The van der Waals surface area contributed by atoms with Gasteiger partial charge in [-0.05, 0) is 59.5 Å². The lowest BCUT2D eigenvalue weighted by molar-refractivity contribution is 0.626. The molecule has 0 aliphatic carbocycles. The second-order valence-electron chi connectivity index (χ2n) is 9.21. The molecule has 170 valence electrons. The average Bonchev–Trinajstić information content (AvgIpc) is 3.38. The molecule has 0 radical (unpaired) electrons. The molecule has 0 bridgehead atoms. The number of benzene rings is 4. The Morgan fingerprint density at radius 3 is 2.34 bits per heavy atom. The van der Waals surface area contributed by atoms with Crippen molar-refractivity contribution in [2.45, 2.75) is 19.5 Å². The van der Waals surface area contributed by atoms with Gasteiger partial charge in [0.2, 0.25) is 0 Å². The third-order valence-corrected chi connectivity index (χ3v) is 7.46. The van der Waals surface area contributed by atoms with Gasteiger partial charge in [0.05, 0.1) is 11.4 Å². The van der Waals surface area contributed by atoms with Gasteiger partial charge in [-0.1, -0.05) is 72.3 Å². The van der Waals surface area contributed by atoms with Crippen molar-refractivity contribution in [1.82, 2.24) is 9.13 Å². The molecule has 0 atom stereocenters. The quantitative estimate of drug-likeness (QED) is 0.243. The molecule has 1 aliphatic heterocycles. The third kappa shape index (κ3) is 3.15. The molecule has 4 aromatic carbocycles. The van der Waals surface area contributed by atoms with Crippen LogP contribution in [0.5, 0.6) is 0 Å². The molecule has 0 fully saturated rings. The summed E-state index contributed by atoms with van der Waals surface area (Å²) in [6.07, 6.45) is 0.933. The topological polar surface area (TPSA) is 9.86 Å². The summed E-state index contributed by atoms with van der Waals surface area (Å²) < 4.78 is 18.5. The summed E-state index contributed by atoms with van der Waals surface area (Å²) in [5.41, 5.74) is 9.75. The first-order valence-corrected chi connectivity index (χ1v) is 12.3. The highest BCUT2D eigenvalue weighted by atomic mass is 35.5. The molecule has 0 saturated carbocycles. The van der Waals surface area contributed by atoms with Crippen molar-refractivity contribution in [3.63, 3.8) is 0 Å². The fourth-order valence-electron chi connectivity index (χ4n) is 5.76. The average molecular weight is 477 g/mol. The second-order valence-corrected chi connectivity index (χ2v) is 9.65. The summed E-state index contributed by atoms with van der Waals surface area (Å²) >= 11 is 6.48. The molecule has 2 nitrogen and oxygen atoms in total. The minimum Gasteiger partial charge on any atom is -0.338 e. The fourth-order valence-corrected chi connectivity index (χ4v) is 5.93. The normalized spacial score (nSPS) is 12.7. The standard InChI is InChI=1S/C31H22ClFN2/c32-22-12-15-28-26(18-22)24-16-17-34-27-9-5-4-8-25(27)29(21-6-2-1-3-7-21)31(34)30(24)35(28)19-20-10-13-23(33)14-11-20/h1-15,18H,16-17,19H2. The number of rotatable bonds is 3. The molecular formula is C31H22ClFN2. The molecule has 0 saturated heterocycles. The smallest absolute Gasteiger partial charge is 0.123 e. The lowest BCUT2D eigenvalue weighted by atomic mass is 9.96. The molecule has 7 rings (SSSR count). The molecule has 1 aliphatic rings. The van der Waals surface area contributed by atoms with Gasteiger partial charge in [-0.25, -0.2) is 4.39 Å². The summed E-state index contributed by atoms with van der Waals surface area (Å²) in [6, 6.07) is 32.4. The second kappa shape index (κ2) is 7.86. The summed E-state index contributed by atoms with van der Waals surface area (Å²) in [5, 5.41) is 3.21. The fraction of sp³-hybridized carbons (Fsp3) is 0.0968. The predicted octanol–water partition coefficient (Wildman–Crippen LogP) is 8.33. The van der Waals surface area contributed by atoms with E-state index in [0.29, 0.717) is 6.54 Å². The van der Waals surface area contributed by atoms with E-state index >= 15 is 0 Å². The van der Waals surface area contributed by atoms with Crippen molar-refractivity contribution < 1.29 is 4.39 Å². The van der Waals surface area contributed by atoms with Crippen LogP contribution in [0.4, 0.5) is 4.39 Å². The Labute approximate surface area is 207 Å². The number of hydrogen-bond acceptors (Lipinski definition) is 0. The van der Waals surface area contributed by atoms with Crippen LogP contribution in [-0.4, -0.2) is 9.13 Å². The van der Waals surface area contributed by atoms with Crippen molar-refractivity contribution in [2.24, 2.45) is 0 Å².